The molecule has 210 valence electrons. The molecule has 4 heterocycles. The molecule has 1 aromatic heterocycles. The fourth-order valence-electron chi connectivity index (χ4n) is 6.45. The Bertz CT molecular complexity index is 1400. The highest BCUT2D eigenvalue weighted by molar-refractivity contribution is 6.36. The molecule has 2 saturated heterocycles. The van der Waals surface area contributed by atoms with E-state index in [1.807, 2.05) is 61.5 Å². The Hall–Kier alpha value is -3.43. The molecule has 1 atom stereocenters. The number of aliphatic hydroxyl groups is 2. The summed E-state index contributed by atoms with van der Waals surface area (Å²) in [5, 5.41) is 23.6. The van der Waals surface area contributed by atoms with Crippen LogP contribution in [-0.4, -0.2) is 76.3 Å². The molecule has 0 spiro atoms. The number of ether oxygens (including phenoxy) is 1. The highest BCUT2D eigenvalue weighted by atomic mass is 16.5. The molecule has 8 nitrogen and oxygen atoms in total. The van der Waals surface area contributed by atoms with E-state index in [0.29, 0.717) is 17.4 Å². The number of aliphatic hydroxyl groups excluding tert-OH is 2. The number of benzene rings is 2. The summed E-state index contributed by atoms with van der Waals surface area (Å²) in [5.41, 5.74) is 6.44. The highest BCUT2D eigenvalue weighted by Gasteiger charge is 2.32. The van der Waals surface area contributed by atoms with Crippen LogP contribution >= 0.6 is 0 Å². The minimum atomic E-state index is -0.740. The molecular weight excluding hydrogens is 504 g/mol. The monoisotopic (exact) mass is 542 g/mol. The molecular formula is C32H38N4O4. The Labute approximate surface area is 235 Å². The molecule has 2 aromatic carbocycles. The van der Waals surface area contributed by atoms with Crippen LogP contribution in [-0.2, 0) is 4.79 Å². The largest absolute Gasteiger partial charge is 0.491 e. The van der Waals surface area contributed by atoms with Gasteiger partial charge in [-0.2, -0.15) is 0 Å². The lowest BCUT2D eigenvalue weighted by Crippen LogP contribution is -2.45. The Morgan fingerprint density at radius 3 is 2.62 bits per heavy atom. The number of hydrogen-bond acceptors (Lipinski definition) is 6. The Kier molecular flexibility index (Phi) is 7.76. The number of nitrogens with one attached hydrogen (secondary N) is 2. The van der Waals surface area contributed by atoms with Crippen molar-refractivity contribution in [2.45, 2.75) is 44.9 Å². The summed E-state index contributed by atoms with van der Waals surface area (Å²) in [6.45, 7) is 6.24. The van der Waals surface area contributed by atoms with Gasteiger partial charge in [-0.25, -0.2) is 0 Å². The van der Waals surface area contributed by atoms with Gasteiger partial charge in [0.2, 0.25) is 0 Å². The van der Waals surface area contributed by atoms with Crippen molar-refractivity contribution in [3.63, 3.8) is 0 Å². The molecule has 0 radical (unpaired) electrons. The summed E-state index contributed by atoms with van der Waals surface area (Å²) < 4.78 is 5.63. The van der Waals surface area contributed by atoms with Crippen LogP contribution in [0.15, 0.2) is 48.5 Å². The van der Waals surface area contributed by atoms with Crippen LogP contribution in [0.2, 0.25) is 0 Å². The predicted octanol–water partition coefficient (Wildman–Crippen LogP) is 4.41. The van der Waals surface area contributed by atoms with E-state index in [1.54, 1.807) is 0 Å². The molecule has 1 amide bonds. The maximum atomic E-state index is 13.3. The minimum Gasteiger partial charge on any atom is -0.491 e. The minimum absolute atomic E-state index is 0.0591. The first-order chi connectivity index (χ1) is 19.5. The van der Waals surface area contributed by atoms with E-state index in [1.165, 1.54) is 25.9 Å². The topological polar surface area (TPSA) is 101 Å². The molecule has 40 heavy (non-hydrogen) atoms. The van der Waals surface area contributed by atoms with Gasteiger partial charge < -0.3 is 30.2 Å². The average Bonchev–Trinajstić information content (AvgIpc) is 3.71. The first-order valence-electron chi connectivity index (χ1n) is 14.4. The van der Waals surface area contributed by atoms with Crippen molar-refractivity contribution in [2.24, 2.45) is 0 Å². The first kappa shape index (κ1) is 26.8. The first-order valence-corrected chi connectivity index (χ1v) is 14.4. The zero-order valence-electron chi connectivity index (χ0n) is 23.0. The SMILES string of the molecule is Cc1cc(C(O)N2CCC(N3CCCC3)CC2)c(/C=C2\C(=O)Nc3cccc(-c4cccc(OCCO)c4)c32)[nH]1. The standard InChI is InChI=1S/C32H38N4O4/c1-21-18-26(32(39)36-14-10-23(11-15-36)35-12-2-3-13-35)29(33-21)20-27-30-25(8-5-9-28(30)34-31(27)38)22-6-4-7-24(19-22)40-17-16-37/h4-9,18-20,23,32-33,37,39H,2-3,10-17H2,1H3,(H,34,38)/b27-20-. The van der Waals surface area contributed by atoms with Crippen molar-refractivity contribution in [2.75, 3.05) is 44.7 Å². The summed E-state index contributed by atoms with van der Waals surface area (Å²) in [6.07, 6.45) is 5.86. The summed E-state index contributed by atoms with van der Waals surface area (Å²) in [6, 6.07) is 16.1. The van der Waals surface area contributed by atoms with Crippen molar-refractivity contribution >= 4 is 23.2 Å². The molecule has 4 N–H and O–H groups in total. The number of aryl methyl sites for hydroxylation is 1. The van der Waals surface area contributed by atoms with Gasteiger partial charge in [0.1, 0.15) is 18.6 Å². The number of aromatic amines is 1. The van der Waals surface area contributed by atoms with E-state index in [9.17, 15) is 9.90 Å². The van der Waals surface area contributed by atoms with Crippen molar-refractivity contribution in [1.82, 2.24) is 14.8 Å². The van der Waals surface area contributed by atoms with Crippen LogP contribution in [0.1, 0.15) is 54.4 Å². The number of aromatic nitrogens is 1. The third-order valence-corrected chi connectivity index (χ3v) is 8.42. The van der Waals surface area contributed by atoms with Gasteiger partial charge in [-0.3, -0.25) is 9.69 Å². The number of carbonyl (C=O) groups excluding carboxylic acids is 1. The van der Waals surface area contributed by atoms with Gasteiger partial charge in [0.15, 0.2) is 0 Å². The number of piperidine rings is 1. The van der Waals surface area contributed by atoms with E-state index in [4.69, 9.17) is 9.84 Å². The van der Waals surface area contributed by atoms with Gasteiger partial charge in [-0.1, -0.05) is 24.3 Å². The molecule has 2 fully saturated rings. The van der Waals surface area contributed by atoms with Crippen LogP contribution < -0.4 is 10.1 Å². The third-order valence-electron chi connectivity index (χ3n) is 8.42. The molecule has 0 saturated carbocycles. The van der Waals surface area contributed by atoms with Crippen molar-refractivity contribution in [1.29, 1.82) is 0 Å². The predicted molar refractivity (Wildman–Crippen MR) is 157 cm³/mol. The average molecular weight is 543 g/mol. The number of hydrogen-bond donors (Lipinski definition) is 4. The van der Waals surface area contributed by atoms with Crippen molar-refractivity contribution in [3.8, 4) is 16.9 Å². The fourth-order valence-corrected chi connectivity index (χ4v) is 6.45. The summed E-state index contributed by atoms with van der Waals surface area (Å²) in [4.78, 5) is 21.4. The summed E-state index contributed by atoms with van der Waals surface area (Å²) in [5.74, 6) is 0.486. The maximum absolute atomic E-state index is 13.3. The van der Waals surface area contributed by atoms with Gasteiger partial charge in [-0.05, 0) is 87.2 Å². The number of nitrogens with zero attached hydrogens (tertiary/aromatic N) is 2. The number of fused-ring (bicyclic) bond motifs is 1. The van der Waals surface area contributed by atoms with Crippen LogP contribution in [0, 0.1) is 6.92 Å². The number of likely N-dealkylation sites (tertiary alicyclic amines) is 2. The van der Waals surface area contributed by atoms with Gasteiger partial charge in [0.05, 0.1) is 12.2 Å². The summed E-state index contributed by atoms with van der Waals surface area (Å²) in [7, 11) is 0. The second-order valence-corrected chi connectivity index (χ2v) is 11.0. The number of carbonyl (C=O) groups is 1. The molecule has 3 aliphatic heterocycles. The second kappa shape index (κ2) is 11.6. The van der Waals surface area contributed by atoms with E-state index < -0.39 is 6.23 Å². The summed E-state index contributed by atoms with van der Waals surface area (Å²) >= 11 is 0. The number of H-pyrrole nitrogens is 1. The van der Waals surface area contributed by atoms with Crippen molar-refractivity contribution < 1.29 is 19.7 Å². The molecule has 1 unspecified atom stereocenters. The molecule has 0 bridgehead atoms. The Morgan fingerprint density at radius 2 is 1.85 bits per heavy atom. The number of rotatable bonds is 8. The van der Waals surface area contributed by atoms with Crippen LogP contribution in [0.3, 0.4) is 0 Å². The van der Waals surface area contributed by atoms with E-state index in [-0.39, 0.29) is 19.1 Å². The second-order valence-electron chi connectivity index (χ2n) is 11.0. The fraction of sp³-hybridized carbons (Fsp3) is 0.406. The quantitative estimate of drug-likeness (QED) is 0.315. The van der Waals surface area contributed by atoms with E-state index in [2.05, 4.69) is 20.1 Å². The molecule has 3 aliphatic rings. The van der Waals surface area contributed by atoms with E-state index >= 15 is 0 Å². The van der Waals surface area contributed by atoms with Crippen molar-refractivity contribution in [3.05, 3.63) is 71.0 Å². The van der Waals surface area contributed by atoms with Gasteiger partial charge in [-0.15, -0.1) is 0 Å². The molecule has 0 aliphatic carbocycles. The third kappa shape index (κ3) is 5.32. The molecule has 3 aromatic rings. The Balaban J connectivity index is 1.29. The zero-order valence-corrected chi connectivity index (χ0v) is 23.0. The molecule has 6 rings (SSSR count). The highest BCUT2D eigenvalue weighted by Crippen LogP contribution is 2.41. The van der Waals surface area contributed by atoms with Crippen LogP contribution in [0.5, 0.6) is 5.75 Å². The Morgan fingerprint density at radius 1 is 1.07 bits per heavy atom. The van der Waals surface area contributed by atoms with E-state index in [0.717, 1.165) is 65.3 Å². The van der Waals surface area contributed by atoms with Crippen LogP contribution in [0.25, 0.3) is 22.8 Å². The van der Waals surface area contributed by atoms with Gasteiger partial charge in [0.25, 0.3) is 5.91 Å². The smallest absolute Gasteiger partial charge is 0.256 e. The molecule has 8 heteroatoms. The lowest BCUT2D eigenvalue weighted by molar-refractivity contribution is -0.110. The number of amides is 1. The zero-order chi connectivity index (χ0) is 27.6. The lowest BCUT2D eigenvalue weighted by Gasteiger charge is -2.38. The maximum Gasteiger partial charge on any atom is 0.256 e. The lowest BCUT2D eigenvalue weighted by atomic mass is 9.94. The normalized spacial score (nSPS) is 20.2. The van der Waals surface area contributed by atoms with Gasteiger partial charge >= 0.3 is 0 Å². The van der Waals surface area contributed by atoms with Gasteiger partial charge in [0, 0.05) is 47.3 Å². The van der Waals surface area contributed by atoms with Crippen LogP contribution in [0.4, 0.5) is 5.69 Å². The number of anilines is 1.